The summed E-state index contributed by atoms with van der Waals surface area (Å²) >= 11 is 0. The standard InChI is InChI=1S/C13H26O12S/c14-3-6-5(1-7(16)10(6)19)2-8(17)13(25-26(22,23)24)12(21)11(20)9(18)4-15/h5-21H,1-4H2,(H,22,23,24)/t5?,6-,7+,8+,9-,10+,11+,12+,13+/m0/s1. The minimum Gasteiger partial charge on any atom is -0.396 e. The van der Waals surface area contributed by atoms with Crippen molar-refractivity contribution < 1.29 is 58.0 Å². The SMILES string of the molecule is O=S(=O)(O)O[C@@H]([C@H](O)[C@H](O)[C@@H](O)CO)[C@H](O)CC1C[C@@H](O)[C@H](O)[C@H]1CO. The van der Waals surface area contributed by atoms with Crippen LogP contribution in [-0.2, 0) is 14.6 Å². The molecular formula is C13H26O12S. The van der Waals surface area contributed by atoms with Gasteiger partial charge in [0.25, 0.3) is 0 Å². The molecule has 0 aromatic rings. The third-order valence-electron chi connectivity index (χ3n) is 4.62. The fraction of sp³-hybridized carbons (Fsp3) is 1.00. The van der Waals surface area contributed by atoms with E-state index in [1.807, 2.05) is 0 Å². The molecule has 1 unspecified atom stereocenters. The van der Waals surface area contributed by atoms with Crippen LogP contribution in [-0.4, -0.2) is 110 Å². The van der Waals surface area contributed by atoms with Gasteiger partial charge in [-0.15, -0.1) is 0 Å². The molecule has 0 bridgehead atoms. The molecular weight excluding hydrogens is 380 g/mol. The molecule has 0 aromatic carbocycles. The molecule has 0 spiro atoms. The highest BCUT2D eigenvalue weighted by atomic mass is 32.3. The first-order valence-corrected chi connectivity index (χ1v) is 9.25. The van der Waals surface area contributed by atoms with Crippen molar-refractivity contribution in [3.63, 3.8) is 0 Å². The smallest absolute Gasteiger partial charge is 0.396 e. The van der Waals surface area contributed by atoms with Crippen LogP contribution in [0.2, 0.25) is 0 Å². The molecule has 12 nitrogen and oxygen atoms in total. The average Bonchev–Trinajstić information content (AvgIpc) is 2.82. The summed E-state index contributed by atoms with van der Waals surface area (Å²) in [6, 6.07) is 0. The molecule has 9 N–H and O–H groups in total. The molecule has 0 aromatic heterocycles. The number of hydrogen-bond acceptors (Lipinski definition) is 11. The summed E-state index contributed by atoms with van der Waals surface area (Å²) in [5.41, 5.74) is 0. The van der Waals surface area contributed by atoms with Crippen molar-refractivity contribution in [3.05, 3.63) is 0 Å². The minimum absolute atomic E-state index is 0.0417. The van der Waals surface area contributed by atoms with E-state index in [4.69, 9.17) is 9.66 Å². The second-order valence-corrected chi connectivity index (χ2v) is 7.47. The Morgan fingerprint density at radius 2 is 1.58 bits per heavy atom. The lowest BCUT2D eigenvalue weighted by Crippen LogP contribution is -2.52. The third-order valence-corrected chi connectivity index (χ3v) is 5.08. The predicted octanol–water partition coefficient (Wildman–Crippen LogP) is -4.65. The Kier molecular flexibility index (Phi) is 8.76. The molecule has 1 rings (SSSR count). The van der Waals surface area contributed by atoms with Gasteiger partial charge in [0.1, 0.15) is 24.4 Å². The molecule has 0 aliphatic heterocycles. The molecule has 0 radical (unpaired) electrons. The lowest BCUT2D eigenvalue weighted by molar-refractivity contribution is -0.136. The van der Waals surface area contributed by atoms with Gasteiger partial charge in [0.05, 0.1) is 24.9 Å². The molecule has 156 valence electrons. The number of rotatable bonds is 10. The number of aliphatic hydroxyl groups excluding tert-OH is 8. The Morgan fingerprint density at radius 3 is 2.04 bits per heavy atom. The van der Waals surface area contributed by atoms with Crippen LogP contribution >= 0.6 is 0 Å². The van der Waals surface area contributed by atoms with Gasteiger partial charge in [-0.05, 0) is 18.8 Å². The second kappa shape index (κ2) is 9.66. The van der Waals surface area contributed by atoms with Gasteiger partial charge in [-0.2, -0.15) is 8.42 Å². The molecule has 0 saturated heterocycles. The highest BCUT2D eigenvalue weighted by Gasteiger charge is 2.45. The Bertz CT molecular complexity index is 527. The fourth-order valence-corrected chi connectivity index (χ4v) is 3.70. The van der Waals surface area contributed by atoms with Gasteiger partial charge in [-0.1, -0.05) is 0 Å². The van der Waals surface area contributed by atoms with Gasteiger partial charge in [0.2, 0.25) is 0 Å². The van der Waals surface area contributed by atoms with Crippen LogP contribution in [0, 0.1) is 11.8 Å². The van der Waals surface area contributed by atoms with Crippen molar-refractivity contribution in [2.45, 2.75) is 55.6 Å². The first-order valence-electron chi connectivity index (χ1n) is 7.88. The second-order valence-electron chi connectivity index (χ2n) is 6.42. The molecule has 13 heteroatoms. The molecule has 0 amide bonds. The molecule has 0 heterocycles. The van der Waals surface area contributed by atoms with E-state index in [9.17, 15) is 44.2 Å². The number of hydrogen-bond donors (Lipinski definition) is 9. The van der Waals surface area contributed by atoms with Gasteiger partial charge < -0.3 is 40.9 Å². The van der Waals surface area contributed by atoms with E-state index >= 15 is 0 Å². The Balaban J connectivity index is 2.95. The van der Waals surface area contributed by atoms with Crippen molar-refractivity contribution in [2.75, 3.05) is 13.2 Å². The molecule has 1 fully saturated rings. The van der Waals surface area contributed by atoms with Gasteiger partial charge in [-0.3, -0.25) is 4.55 Å². The van der Waals surface area contributed by atoms with E-state index < -0.39 is 78.2 Å². The summed E-state index contributed by atoms with van der Waals surface area (Å²) in [5, 5.41) is 76.8. The van der Waals surface area contributed by atoms with E-state index in [-0.39, 0.29) is 12.8 Å². The summed E-state index contributed by atoms with van der Waals surface area (Å²) in [6.45, 7) is -1.52. The fourth-order valence-electron chi connectivity index (χ4n) is 3.18. The lowest BCUT2D eigenvalue weighted by atomic mass is 9.87. The molecule has 9 atom stereocenters. The van der Waals surface area contributed by atoms with Crippen LogP contribution in [0.4, 0.5) is 0 Å². The Hall–Kier alpha value is -0.450. The van der Waals surface area contributed by atoms with Crippen LogP contribution in [0.3, 0.4) is 0 Å². The van der Waals surface area contributed by atoms with E-state index in [2.05, 4.69) is 4.18 Å². The van der Waals surface area contributed by atoms with Crippen LogP contribution in [0.15, 0.2) is 0 Å². The van der Waals surface area contributed by atoms with Crippen molar-refractivity contribution in [1.29, 1.82) is 0 Å². The summed E-state index contributed by atoms with van der Waals surface area (Å²) < 4.78 is 35.0. The maximum Gasteiger partial charge on any atom is 0.397 e. The predicted molar refractivity (Wildman–Crippen MR) is 82.8 cm³/mol. The first-order chi connectivity index (χ1) is 11.9. The lowest BCUT2D eigenvalue weighted by Gasteiger charge is -2.32. The normalized spacial score (nSPS) is 32.8. The summed E-state index contributed by atoms with van der Waals surface area (Å²) in [4.78, 5) is 0. The first kappa shape index (κ1) is 23.6. The highest BCUT2D eigenvalue weighted by Crippen LogP contribution is 2.36. The molecule has 1 aliphatic carbocycles. The number of aliphatic hydroxyl groups is 8. The van der Waals surface area contributed by atoms with Crippen molar-refractivity contribution in [2.24, 2.45) is 11.8 Å². The minimum atomic E-state index is -5.18. The largest absolute Gasteiger partial charge is 0.397 e. The maximum atomic E-state index is 11.0. The van der Waals surface area contributed by atoms with E-state index in [0.29, 0.717) is 0 Å². The van der Waals surface area contributed by atoms with Gasteiger partial charge in [-0.25, -0.2) is 4.18 Å². The van der Waals surface area contributed by atoms with Crippen molar-refractivity contribution >= 4 is 10.4 Å². The molecule has 1 saturated carbocycles. The zero-order valence-corrected chi connectivity index (χ0v) is 14.5. The molecule has 26 heavy (non-hydrogen) atoms. The van der Waals surface area contributed by atoms with Crippen LogP contribution in [0.25, 0.3) is 0 Å². The Morgan fingerprint density at radius 1 is 1.00 bits per heavy atom. The van der Waals surface area contributed by atoms with Gasteiger partial charge in [0.15, 0.2) is 0 Å². The quantitative estimate of drug-likeness (QED) is 0.156. The van der Waals surface area contributed by atoms with Gasteiger partial charge in [0, 0.05) is 12.5 Å². The van der Waals surface area contributed by atoms with E-state index in [1.54, 1.807) is 0 Å². The van der Waals surface area contributed by atoms with E-state index in [1.165, 1.54) is 0 Å². The molecule has 1 aliphatic rings. The van der Waals surface area contributed by atoms with Crippen LogP contribution < -0.4 is 0 Å². The Labute approximate surface area is 149 Å². The third kappa shape index (κ3) is 6.03. The monoisotopic (exact) mass is 406 g/mol. The zero-order chi connectivity index (χ0) is 20.2. The van der Waals surface area contributed by atoms with Crippen molar-refractivity contribution in [1.82, 2.24) is 0 Å². The summed E-state index contributed by atoms with van der Waals surface area (Å²) in [5.74, 6) is -1.53. The summed E-state index contributed by atoms with van der Waals surface area (Å²) in [7, 11) is -5.18. The van der Waals surface area contributed by atoms with Gasteiger partial charge >= 0.3 is 10.4 Å². The van der Waals surface area contributed by atoms with Crippen LogP contribution in [0.1, 0.15) is 12.8 Å². The highest BCUT2D eigenvalue weighted by molar-refractivity contribution is 7.80. The van der Waals surface area contributed by atoms with Crippen LogP contribution in [0.5, 0.6) is 0 Å². The maximum absolute atomic E-state index is 11.0. The van der Waals surface area contributed by atoms with Crippen molar-refractivity contribution in [3.8, 4) is 0 Å². The zero-order valence-electron chi connectivity index (χ0n) is 13.7. The average molecular weight is 406 g/mol. The van der Waals surface area contributed by atoms with E-state index in [0.717, 1.165) is 0 Å². The topological polar surface area (TPSA) is 225 Å². The summed E-state index contributed by atoms with van der Waals surface area (Å²) in [6.07, 6.45) is -13.1.